The molecule has 0 fully saturated rings. The van der Waals surface area contributed by atoms with Crippen molar-refractivity contribution < 1.29 is 9.18 Å². The molecule has 0 aliphatic carbocycles. The molecule has 3 rings (SSSR count). The predicted octanol–water partition coefficient (Wildman–Crippen LogP) is 4.20. The zero-order chi connectivity index (χ0) is 19.2. The molecule has 27 heavy (non-hydrogen) atoms. The first-order valence-electron chi connectivity index (χ1n) is 8.72. The highest BCUT2D eigenvalue weighted by molar-refractivity contribution is 7.99. The number of imidazole rings is 1. The lowest BCUT2D eigenvalue weighted by Gasteiger charge is -2.17. The number of nitrogens with zero attached hydrogens (tertiary/aromatic N) is 2. The second-order valence-electron chi connectivity index (χ2n) is 6.41. The molecule has 1 N–H and O–H groups in total. The van der Waals surface area contributed by atoms with Crippen LogP contribution in [-0.2, 0) is 17.8 Å². The Kier molecular flexibility index (Phi) is 6.29. The largest absolute Gasteiger partial charge is 0.341 e. The molecule has 1 amide bonds. The molecular weight excluding hydrogens is 361 g/mol. The number of benzene rings is 2. The van der Waals surface area contributed by atoms with Crippen LogP contribution in [0.5, 0.6) is 0 Å². The Morgan fingerprint density at radius 2 is 1.85 bits per heavy atom. The lowest BCUT2D eigenvalue weighted by molar-refractivity contribution is -0.127. The van der Waals surface area contributed by atoms with Crippen molar-refractivity contribution in [2.24, 2.45) is 0 Å². The molecule has 0 aliphatic heterocycles. The van der Waals surface area contributed by atoms with Crippen molar-refractivity contribution >= 4 is 17.7 Å². The van der Waals surface area contributed by atoms with E-state index in [1.165, 1.54) is 28.3 Å². The Hall–Kier alpha value is -2.60. The number of aromatic amines is 1. The monoisotopic (exact) mass is 383 g/mol. The number of nitrogens with one attached hydrogen (secondary N) is 1. The van der Waals surface area contributed by atoms with E-state index in [2.05, 4.69) is 22.1 Å². The summed E-state index contributed by atoms with van der Waals surface area (Å²) < 4.78 is 13.7. The summed E-state index contributed by atoms with van der Waals surface area (Å²) in [7, 11) is 1.68. The van der Waals surface area contributed by atoms with Gasteiger partial charge in [-0.2, -0.15) is 0 Å². The molecule has 0 saturated heterocycles. The van der Waals surface area contributed by atoms with Gasteiger partial charge in [0, 0.05) is 31.3 Å². The summed E-state index contributed by atoms with van der Waals surface area (Å²) in [6.07, 6.45) is 0.755. The third-order valence-electron chi connectivity index (χ3n) is 4.30. The van der Waals surface area contributed by atoms with Crippen molar-refractivity contribution in [3.05, 3.63) is 82.9 Å². The van der Waals surface area contributed by atoms with E-state index in [9.17, 15) is 9.18 Å². The highest BCUT2D eigenvalue weighted by Gasteiger charge is 2.14. The highest BCUT2D eigenvalue weighted by Crippen LogP contribution is 2.20. The number of aromatic nitrogens is 2. The maximum absolute atomic E-state index is 13.7. The third-order valence-corrected chi connectivity index (χ3v) is 5.16. The van der Waals surface area contributed by atoms with Crippen LogP contribution < -0.4 is 0 Å². The normalized spacial score (nSPS) is 10.8. The van der Waals surface area contributed by atoms with Crippen molar-refractivity contribution in [1.29, 1.82) is 0 Å². The molecule has 0 spiro atoms. The number of thioether (sulfide) groups is 1. The van der Waals surface area contributed by atoms with Crippen molar-refractivity contribution in [1.82, 2.24) is 14.9 Å². The van der Waals surface area contributed by atoms with Crippen LogP contribution in [0.4, 0.5) is 4.39 Å². The third kappa shape index (κ3) is 5.20. The number of halogens is 1. The fourth-order valence-electron chi connectivity index (χ4n) is 2.71. The van der Waals surface area contributed by atoms with Gasteiger partial charge in [-0.25, -0.2) is 9.37 Å². The molecule has 0 radical (unpaired) electrons. The van der Waals surface area contributed by atoms with Gasteiger partial charge in [0.25, 0.3) is 0 Å². The van der Waals surface area contributed by atoms with Gasteiger partial charge in [-0.05, 0) is 18.6 Å². The van der Waals surface area contributed by atoms with E-state index in [1.54, 1.807) is 25.2 Å². The number of carbonyl (C=O) groups excluding carboxylic acids is 1. The summed E-state index contributed by atoms with van der Waals surface area (Å²) in [5.74, 6) is -0.109. The Morgan fingerprint density at radius 1 is 1.15 bits per heavy atom. The summed E-state index contributed by atoms with van der Waals surface area (Å²) in [6, 6.07) is 16.7. The van der Waals surface area contributed by atoms with Crippen molar-refractivity contribution in [2.45, 2.75) is 25.0 Å². The van der Waals surface area contributed by atoms with Crippen molar-refractivity contribution in [3.63, 3.8) is 0 Å². The molecule has 0 saturated carbocycles. The molecule has 0 bridgehead atoms. The Balaban J connectivity index is 1.56. The molecular formula is C21H22FN3OS. The summed E-state index contributed by atoms with van der Waals surface area (Å²) in [5, 5.41) is 0.728. The van der Waals surface area contributed by atoms with E-state index in [0.29, 0.717) is 5.56 Å². The second-order valence-corrected chi connectivity index (χ2v) is 7.37. The second kappa shape index (κ2) is 8.86. The van der Waals surface area contributed by atoms with E-state index in [0.717, 1.165) is 23.0 Å². The van der Waals surface area contributed by atoms with Gasteiger partial charge in [-0.15, -0.1) is 0 Å². The van der Waals surface area contributed by atoms with Gasteiger partial charge in [0.15, 0.2) is 5.16 Å². The van der Waals surface area contributed by atoms with E-state index in [4.69, 9.17) is 0 Å². The van der Waals surface area contributed by atoms with Crippen LogP contribution in [0.2, 0.25) is 0 Å². The van der Waals surface area contributed by atoms with Crippen LogP contribution in [0, 0.1) is 12.7 Å². The van der Waals surface area contributed by atoms with Crippen LogP contribution in [0.1, 0.15) is 22.5 Å². The quantitative estimate of drug-likeness (QED) is 0.622. The van der Waals surface area contributed by atoms with Crippen LogP contribution >= 0.6 is 11.8 Å². The summed E-state index contributed by atoms with van der Waals surface area (Å²) in [4.78, 5) is 21.7. The summed E-state index contributed by atoms with van der Waals surface area (Å²) in [5.41, 5.74) is 3.70. The van der Waals surface area contributed by atoms with Crippen molar-refractivity contribution in [3.8, 4) is 0 Å². The Bertz CT molecular complexity index is 911. The van der Waals surface area contributed by atoms with E-state index >= 15 is 0 Å². The molecule has 3 aromatic rings. The van der Waals surface area contributed by atoms with Crippen LogP contribution in [-0.4, -0.2) is 33.6 Å². The van der Waals surface area contributed by atoms with Gasteiger partial charge in [-0.1, -0.05) is 60.3 Å². The zero-order valence-electron chi connectivity index (χ0n) is 15.4. The van der Waals surface area contributed by atoms with E-state index in [-0.39, 0.29) is 24.0 Å². The molecule has 2 aromatic carbocycles. The van der Waals surface area contributed by atoms with Gasteiger partial charge in [0.2, 0.25) is 5.91 Å². The van der Waals surface area contributed by atoms with Gasteiger partial charge in [0.05, 0.1) is 11.4 Å². The average molecular weight is 383 g/mol. The lowest BCUT2D eigenvalue weighted by atomic mass is 10.1. The maximum atomic E-state index is 13.7. The van der Waals surface area contributed by atoms with Crippen LogP contribution in [0.15, 0.2) is 59.8 Å². The summed E-state index contributed by atoms with van der Waals surface area (Å²) in [6.45, 7) is 2.24. The van der Waals surface area contributed by atoms with E-state index < -0.39 is 0 Å². The highest BCUT2D eigenvalue weighted by atomic mass is 32.2. The lowest BCUT2D eigenvalue weighted by Crippen LogP contribution is -2.28. The standard InChI is InChI=1S/C21H22FN3OS/c1-15-19(12-16-8-4-3-5-9-16)24-21(23-15)27-14-20(26)25(2)13-17-10-6-7-11-18(17)22/h3-11H,12-14H2,1-2H3,(H,23,24). The first-order chi connectivity index (χ1) is 13.0. The van der Waals surface area contributed by atoms with Gasteiger partial charge >= 0.3 is 0 Å². The topological polar surface area (TPSA) is 49.0 Å². The molecule has 0 atom stereocenters. The molecule has 4 nitrogen and oxygen atoms in total. The average Bonchev–Trinajstić information content (AvgIpc) is 3.02. The number of aryl methyl sites for hydroxylation is 1. The number of carbonyl (C=O) groups is 1. The molecule has 140 valence electrons. The minimum absolute atomic E-state index is 0.0677. The number of hydrogen-bond acceptors (Lipinski definition) is 3. The fraction of sp³-hybridized carbons (Fsp3) is 0.238. The number of amides is 1. The Morgan fingerprint density at radius 3 is 2.59 bits per heavy atom. The minimum atomic E-state index is -0.294. The zero-order valence-corrected chi connectivity index (χ0v) is 16.2. The smallest absolute Gasteiger partial charge is 0.233 e. The molecule has 0 aliphatic rings. The molecule has 6 heteroatoms. The first-order valence-corrected chi connectivity index (χ1v) is 9.71. The maximum Gasteiger partial charge on any atom is 0.233 e. The molecule has 1 heterocycles. The molecule has 1 aromatic heterocycles. The first kappa shape index (κ1) is 19.2. The van der Waals surface area contributed by atoms with Gasteiger partial charge < -0.3 is 9.88 Å². The van der Waals surface area contributed by atoms with Gasteiger partial charge in [-0.3, -0.25) is 4.79 Å². The Labute approximate surface area is 162 Å². The number of H-pyrrole nitrogens is 1. The number of rotatable bonds is 7. The number of hydrogen-bond donors (Lipinski definition) is 1. The predicted molar refractivity (Wildman–Crippen MR) is 106 cm³/mol. The van der Waals surface area contributed by atoms with Gasteiger partial charge in [0.1, 0.15) is 5.82 Å². The van der Waals surface area contributed by atoms with E-state index in [1.807, 2.05) is 25.1 Å². The SMILES string of the molecule is Cc1[nH]c(SCC(=O)N(C)Cc2ccccc2F)nc1Cc1ccccc1. The fourth-order valence-corrected chi connectivity index (χ4v) is 3.59. The summed E-state index contributed by atoms with van der Waals surface area (Å²) >= 11 is 1.37. The minimum Gasteiger partial charge on any atom is -0.341 e. The van der Waals surface area contributed by atoms with Crippen LogP contribution in [0.3, 0.4) is 0 Å². The molecule has 0 unspecified atom stereocenters. The van der Waals surface area contributed by atoms with Crippen LogP contribution in [0.25, 0.3) is 0 Å². The van der Waals surface area contributed by atoms with Crippen molar-refractivity contribution in [2.75, 3.05) is 12.8 Å².